The van der Waals surface area contributed by atoms with Crippen LogP contribution < -0.4 is 11.1 Å². The lowest BCUT2D eigenvalue weighted by atomic mass is 9.97. The molecule has 8 nitrogen and oxygen atoms in total. The molecule has 2 heterocycles. The third kappa shape index (κ3) is 4.24. The molecule has 2 aliphatic carbocycles. The van der Waals surface area contributed by atoms with Crippen molar-refractivity contribution in [2.75, 3.05) is 24.1 Å². The number of nitrogens with one attached hydrogen (secondary N) is 1. The number of carbonyl (C=O) groups is 3. The molecule has 5 rings (SSSR count). The number of rotatable bonds is 4. The van der Waals surface area contributed by atoms with E-state index >= 15 is 0 Å². The number of hydrogen-bond donors (Lipinski definition) is 2. The highest BCUT2D eigenvalue weighted by Crippen LogP contribution is 2.47. The molecule has 2 aromatic rings. The number of nitrogens with zero attached hydrogens (tertiary/aromatic N) is 3. The van der Waals surface area contributed by atoms with E-state index in [0.717, 1.165) is 36.8 Å². The first-order valence-electron chi connectivity index (χ1n) is 12.0. The smallest absolute Gasteiger partial charge is 0.313 e. The second-order valence-electron chi connectivity index (χ2n) is 10.2. The van der Waals surface area contributed by atoms with Crippen molar-refractivity contribution in [3.63, 3.8) is 0 Å². The summed E-state index contributed by atoms with van der Waals surface area (Å²) in [5.41, 5.74) is 7.97. The van der Waals surface area contributed by atoms with Gasteiger partial charge in [0.1, 0.15) is 5.82 Å². The molecule has 0 spiro atoms. The molecule has 2 saturated carbocycles. The van der Waals surface area contributed by atoms with E-state index in [9.17, 15) is 14.4 Å². The second-order valence-corrected chi connectivity index (χ2v) is 10.2. The van der Waals surface area contributed by atoms with Crippen molar-refractivity contribution in [2.45, 2.75) is 57.5 Å². The van der Waals surface area contributed by atoms with Crippen LogP contribution in [0.5, 0.6) is 0 Å². The number of amides is 3. The molecule has 1 aromatic heterocycles. The van der Waals surface area contributed by atoms with E-state index in [1.807, 2.05) is 55.1 Å². The number of anilines is 2. The van der Waals surface area contributed by atoms with Crippen LogP contribution in [0.2, 0.25) is 0 Å². The first kappa shape index (κ1) is 22.4. The molecule has 178 valence electrons. The van der Waals surface area contributed by atoms with Gasteiger partial charge in [0.05, 0.1) is 17.9 Å². The van der Waals surface area contributed by atoms with Gasteiger partial charge < -0.3 is 20.9 Å². The number of carbonyl (C=O) groups excluding carboxylic acids is 3. The molecule has 3 amide bonds. The molecule has 8 heteroatoms. The van der Waals surface area contributed by atoms with Gasteiger partial charge in [-0.2, -0.15) is 0 Å². The van der Waals surface area contributed by atoms with E-state index in [-0.39, 0.29) is 17.4 Å². The molecule has 0 radical (unpaired) electrons. The van der Waals surface area contributed by atoms with Crippen molar-refractivity contribution >= 4 is 29.2 Å². The maximum absolute atomic E-state index is 13.4. The fraction of sp³-hybridized carbons (Fsp3) is 0.462. The van der Waals surface area contributed by atoms with E-state index in [4.69, 9.17) is 5.73 Å². The van der Waals surface area contributed by atoms with Gasteiger partial charge in [-0.25, -0.2) is 4.98 Å². The zero-order valence-corrected chi connectivity index (χ0v) is 19.7. The Morgan fingerprint density at radius 2 is 1.79 bits per heavy atom. The highest BCUT2D eigenvalue weighted by atomic mass is 16.2. The van der Waals surface area contributed by atoms with E-state index in [1.165, 1.54) is 6.20 Å². The average molecular weight is 462 g/mol. The topological polar surface area (TPSA) is 109 Å². The average Bonchev–Trinajstić information content (AvgIpc) is 3.77. The van der Waals surface area contributed by atoms with Crippen molar-refractivity contribution in [2.24, 2.45) is 5.41 Å². The Morgan fingerprint density at radius 3 is 2.44 bits per heavy atom. The summed E-state index contributed by atoms with van der Waals surface area (Å²) >= 11 is 0. The lowest BCUT2D eigenvalue weighted by molar-refractivity contribution is -0.153. The fourth-order valence-corrected chi connectivity index (χ4v) is 4.79. The van der Waals surface area contributed by atoms with E-state index in [2.05, 4.69) is 10.3 Å². The van der Waals surface area contributed by atoms with Gasteiger partial charge in [0, 0.05) is 24.5 Å². The maximum Gasteiger partial charge on any atom is 0.313 e. The minimum Gasteiger partial charge on any atom is -0.383 e. The highest BCUT2D eigenvalue weighted by Gasteiger charge is 2.50. The molecule has 2 atom stereocenters. The molecular formula is C26H31N5O3. The van der Waals surface area contributed by atoms with Gasteiger partial charge in [-0.1, -0.05) is 37.3 Å². The van der Waals surface area contributed by atoms with Gasteiger partial charge in [-0.05, 0) is 55.7 Å². The van der Waals surface area contributed by atoms with Gasteiger partial charge in [-0.15, -0.1) is 0 Å². The molecular weight excluding hydrogens is 430 g/mol. The van der Waals surface area contributed by atoms with Gasteiger partial charge in [-0.3, -0.25) is 14.4 Å². The monoisotopic (exact) mass is 461 g/mol. The van der Waals surface area contributed by atoms with Gasteiger partial charge in [0.25, 0.3) is 0 Å². The van der Waals surface area contributed by atoms with Crippen LogP contribution in [-0.4, -0.2) is 51.6 Å². The maximum atomic E-state index is 13.4. The van der Waals surface area contributed by atoms with E-state index < -0.39 is 17.9 Å². The highest BCUT2D eigenvalue weighted by molar-refractivity contribution is 6.39. The van der Waals surface area contributed by atoms with Gasteiger partial charge >= 0.3 is 11.8 Å². The predicted molar refractivity (Wildman–Crippen MR) is 129 cm³/mol. The fourth-order valence-electron chi connectivity index (χ4n) is 4.79. The van der Waals surface area contributed by atoms with Crippen LogP contribution in [-0.2, 0) is 14.4 Å². The Labute approximate surface area is 199 Å². The lowest BCUT2D eigenvalue weighted by Gasteiger charge is -2.46. The molecule has 3 fully saturated rings. The normalized spacial score (nSPS) is 23.4. The van der Waals surface area contributed by atoms with Crippen molar-refractivity contribution < 1.29 is 14.4 Å². The zero-order chi connectivity index (χ0) is 24.0. The van der Waals surface area contributed by atoms with Gasteiger partial charge in [0.2, 0.25) is 5.91 Å². The van der Waals surface area contributed by atoms with Crippen LogP contribution in [0.15, 0.2) is 42.6 Å². The summed E-state index contributed by atoms with van der Waals surface area (Å²) in [5, 5.41) is 2.72. The number of piperazine rings is 1. The number of benzene rings is 1. The van der Waals surface area contributed by atoms with Crippen molar-refractivity contribution in [3.05, 3.63) is 53.7 Å². The Morgan fingerprint density at radius 1 is 1.09 bits per heavy atom. The molecule has 1 aliphatic heterocycles. The third-order valence-electron chi connectivity index (χ3n) is 7.38. The summed E-state index contributed by atoms with van der Waals surface area (Å²) in [6, 6.07) is 10.8. The molecule has 3 aliphatic rings. The molecule has 34 heavy (non-hydrogen) atoms. The van der Waals surface area contributed by atoms with Crippen LogP contribution >= 0.6 is 0 Å². The van der Waals surface area contributed by atoms with Crippen molar-refractivity contribution in [1.29, 1.82) is 0 Å². The Hall–Kier alpha value is -3.42. The molecule has 0 unspecified atom stereocenters. The Balaban J connectivity index is 1.37. The SMILES string of the molecule is C[C@@H]1CN(C(=O)C(=O)Nc2cnc(N)c(C3CC3)c2)[C@@H](c2ccccc2)CN1C(=O)C1(C)CC1. The largest absolute Gasteiger partial charge is 0.383 e. The number of pyridine rings is 1. The first-order chi connectivity index (χ1) is 16.3. The Bertz CT molecular complexity index is 1130. The summed E-state index contributed by atoms with van der Waals surface area (Å²) in [4.78, 5) is 47.2. The molecule has 1 saturated heterocycles. The Kier molecular flexibility index (Phi) is 5.54. The standard InChI is InChI=1S/C26H31N5O3/c1-16-14-31(24(33)23(32)29-19-12-20(17-8-9-17)22(27)28-13-19)21(18-6-4-3-5-7-18)15-30(16)25(34)26(2)10-11-26/h3-7,12-13,16-17,21H,8-11,14-15H2,1-2H3,(H2,27,28)(H,29,32)/t16-,21-/m1/s1. The van der Waals surface area contributed by atoms with Crippen molar-refractivity contribution in [1.82, 2.24) is 14.8 Å². The van der Waals surface area contributed by atoms with Crippen LogP contribution in [0, 0.1) is 5.41 Å². The number of hydrogen-bond acceptors (Lipinski definition) is 5. The summed E-state index contributed by atoms with van der Waals surface area (Å²) in [5.74, 6) is -0.346. The molecule has 1 aromatic carbocycles. The first-order valence-corrected chi connectivity index (χ1v) is 12.0. The summed E-state index contributed by atoms with van der Waals surface area (Å²) in [6.45, 7) is 4.60. The zero-order valence-electron chi connectivity index (χ0n) is 19.7. The van der Waals surface area contributed by atoms with E-state index in [0.29, 0.717) is 30.5 Å². The number of nitrogen functional groups attached to an aromatic ring is 1. The van der Waals surface area contributed by atoms with Crippen LogP contribution in [0.4, 0.5) is 11.5 Å². The quantitative estimate of drug-likeness (QED) is 0.680. The molecule has 0 bridgehead atoms. The summed E-state index contributed by atoms with van der Waals surface area (Å²) < 4.78 is 0. The number of nitrogens with two attached hydrogens (primary N) is 1. The number of aromatic nitrogens is 1. The van der Waals surface area contributed by atoms with Crippen LogP contribution in [0.1, 0.15) is 62.6 Å². The minimum atomic E-state index is -0.713. The molecule has 3 N–H and O–H groups in total. The third-order valence-corrected chi connectivity index (χ3v) is 7.38. The lowest BCUT2D eigenvalue weighted by Crippen LogP contribution is -2.59. The summed E-state index contributed by atoms with van der Waals surface area (Å²) in [7, 11) is 0. The van der Waals surface area contributed by atoms with Crippen LogP contribution in [0.25, 0.3) is 0 Å². The van der Waals surface area contributed by atoms with Crippen LogP contribution in [0.3, 0.4) is 0 Å². The van der Waals surface area contributed by atoms with Crippen molar-refractivity contribution in [3.8, 4) is 0 Å². The summed E-state index contributed by atoms with van der Waals surface area (Å²) in [6.07, 6.45) is 5.39. The predicted octanol–water partition coefficient (Wildman–Crippen LogP) is 3.08. The minimum absolute atomic E-state index is 0.137. The second kappa shape index (κ2) is 8.42. The van der Waals surface area contributed by atoms with Gasteiger partial charge in [0.15, 0.2) is 0 Å². The van der Waals surface area contributed by atoms with E-state index in [1.54, 1.807) is 4.90 Å².